The molecule has 0 bridgehead atoms. The predicted octanol–water partition coefficient (Wildman–Crippen LogP) is 4.75. The molecule has 0 saturated carbocycles. The number of carbonyl (C=O) groups excluding carboxylic acids is 1. The second-order valence-corrected chi connectivity index (χ2v) is 7.23. The molecule has 0 aliphatic rings. The highest BCUT2D eigenvalue weighted by atomic mass is 19.1. The van der Waals surface area contributed by atoms with E-state index in [1.807, 2.05) is 25.1 Å². The van der Waals surface area contributed by atoms with Crippen LogP contribution in [0.2, 0.25) is 0 Å². The Bertz CT molecular complexity index is 1240. The molecule has 4 rings (SSSR count). The summed E-state index contributed by atoms with van der Waals surface area (Å²) in [5.41, 5.74) is 2.63. The van der Waals surface area contributed by atoms with Gasteiger partial charge in [0.25, 0.3) is 5.91 Å². The average molecular weight is 419 g/mol. The molecule has 0 spiro atoms. The standard InChI is InChI=1S/C24H22FN3O3/c1-3-31-21-12-16(11-20(25)22(21)15-7-5-4-6-8-15)24(30)28(2)14-18-10-19(29)9-17-13-26-27-23(17)18/h4-13,29H,3,14H2,1-2H3,(H,26,27). The molecule has 2 N–H and O–H groups in total. The number of fused-ring (bicyclic) bond motifs is 1. The minimum absolute atomic E-state index is 0.0849. The molecule has 4 aromatic rings. The zero-order valence-electron chi connectivity index (χ0n) is 17.2. The second kappa shape index (κ2) is 8.47. The zero-order valence-corrected chi connectivity index (χ0v) is 17.2. The van der Waals surface area contributed by atoms with Crippen LogP contribution in [0.3, 0.4) is 0 Å². The van der Waals surface area contributed by atoms with Crippen molar-refractivity contribution >= 4 is 16.8 Å². The lowest BCUT2D eigenvalue weighted by molar-refractivity contribution is 0.0784. The van der Waals surface area contributed by atoms with E-state index in [0.29, 0.717) is 29.0 Å². The molecule has 0 atom stereocenters. The molecule has 158 valence electrons. The van der Waals surface area contributed by atoms with Crippen molar-refractivity contribution in [1.82, 2.24) is 15.1 Å². The molecular weight excluding hydrogens is 397 g/mol. The first kappa shape index (κ1) is 20.4. The molecule has 0 aliphatic carbocycles. The summed E-state index contributed by atoms with van der Waals surface area (Å²) in [7, 11) is 1.62. The lowest BCUT2D eigenvalue weighted by Gasteiger charge is -2.20. The highest BCUT2D eigenvalue weighted by Crippen LogP contribution is 2.34. The number of halogens is 1. The number of aromatic amines is 1. The van der Waals surface area contributed by atoms with Crippen molar-refractivity contribution in [1.29, 1.82) is 0 Å². The molecule has 7 heteroatoms. The van der Waals surface area contributed by atoms with Crippen molar-refractivity contribution in [2.45, 2.75) is 13.5 Å². The topological polar surface area (TPSA) is 78.4 Å². The number of aromatic hydroxyl groups is 1. The first-order chi connectivity index (χ1) is 15.0. The molecule has 3 aromatic carbocycles. The average Bonchev–Trinajstić information content (AvgIpc) is 3.22. The Morgan fingerprint density at radius 3 is 2.71 bits per heavy atom. The number of phenolic OH excluding ortho intramolecular Hbond substituents is 1. The number of amides is 1. The fraction of sp³-hybridized carbons (Fsp3) is 0.167. The van der Waals surface area contributed by atoms with Gasteiger partial charge in [0.1, 0.15) is 17.3 Å². The number of benzene rings is 3. The Balaban J connectivity index is 1.67. The molecule has 0 saturated heterocycles. The maximum Gasteiger partial charge on any atom is 0.254 e. The van der Waals surface area contributed by atoms with Gasteiger partial charge < -0.3 is 14.7 Å². The molecule has 0 aliphatic heterocycles. The van der Waals surface area contributed by atoms with E-state index in [1.165, 1.54) is 11.0 Å². The summed E-state index contributed by atoms with van der Waals surface area (Å²) in [6.07, 6.45) is 1.60. The molecule has 31 heavy (non-hydrogen) atoms. The molecule has 1 aromatic heterocycles. The van der Waals surface area contributed by atoms with Gasteiger partial charge in [-0.3, -0.25) is 9.89 Å². The van der Waals surface area contributed by atoms with Crippen LogP contribution in [0.4, 0.5) is 4.39 Å². The number of nitrogens with one attached hydrogen (secondary N) is 1. The van der Waals surface area contributed by atoms with E-state index in [2.05, 4.69) is 10.2 Å². The maximum absolute atomic E-state index is 15.1. The minimum atomic E-state index is -0.526. The van der Waals surface area contributed by atoms with Crippen LogP contribution in [0.1, 0.15) is 22.8 Å². The number of hydrogen-bond acceptors (Lipinski definition) is 4. The van der Waals surface area contributed by atoms with Crippen LogP contribution >= 0.6 is 0 Å². The molecule has 0 unspecified atom stereocenters. The summed E-state index contributed by atoms with van der Waals surface area (Å²) < 4.78 is 20.8. The summed E-state index contributed by atoms with van der Waals surface area (Å²) in [6, 6.07) is 15.1. The fourth-order valence-corrected chi connectivity index (χ4v) is 3.65. The van der Waals surface area contributed by atoms with E-state index < -0.39 is 5.82 Å². The van der Waals surface area contributed by atoms with Gasteiger partial charge in [0.05, 0.1) is 23.9 Å². The Morgan fingerprint density at radius 1 is 1.19 bits per heavy atom. The summed E-state index contributed by atoms with van der Waals surface area (Å²) in [6.45, 7) is 2.36. The lowest BCUT2D eigenvalue weighted by atomic mass is 10.0. The van der Waals surface area contributed by atoms with Crippen molar-refractivity contribution in [3.05, 3.63) is 77.7 Å². The van der Waals surface area contributed by atoms with Gasteiger partial charge in [-0.1, -0.05) is 30.3 Å². The Morgan fingerprint density at radius 2 is 1.97 bits per heavy atom. The van der Waals surface area contributed by atoms with Gasteiger partial charge in [0.15, 0.2) is 0 Å². The number of carbonyl (C=O) groups is 1. The van der Waals surface area contributed by atoms with Gasteiger partial charge >= 0.3 is 0 Å². The third-order valence-corrected chi connectivity index (χ3v) is 5.03. The van der Waals surface area contributed by atoms with Crippen LogP contribution in [-0.2, 0) is 6.54 Å². The van der Waals surface area contributed by atoms with Crippen molar-refractivity contribution in [3.63, 3.8) is 0 Å². The summed E-state index contributed by atoms with van der Waals surface area (Å²) in [5.74, 6) is -0.488. The Hall–Kier alpha value is -3.87. The van der Waals surface area contributed by atoms with Crippen molar-refractivity contribution in [2.24, 2.45) is 0 Å². The van der Waals surface area contributed by atoms with E-state index in [1.54, 1.807) is 43.6 Å². The van der Waals surface area contributed by atoms with Crippen LogP contribution in [0.15, 0.2) is 60.8 Å². The van der Waals surface area contributed by atoms with E-state index in [-0.39, 0.29) is 23.8 Å². The highest BCUT2D eigenvalue weighted by Gasteiger charge is 2.20. The monoisotopic (exact) mass is 419 g/mol. The van der Waals surface area contributed by atoms with E-state index >= 15 is 4.39 Å². The van der Waals surface area contributed by atoms with Crippen LogP contribution in [0, 0.1) is 5.82 Å². The van der Waals surface area contributed by atoms with Gasteiger partial charge in [-0.25, -0.2) is 4.39 Å². The van der Waals surface area contributed by atoms with E-state index in [9.17, 15) is 9.90 Å². The van der Waals surface area contributed by atoms with E-state index in [4.69, 9.17) is 4.74 Å². The molecule has 1 heterocycles. The lowest BCUT2D eigenvalue weighted by Crippen LogP contribution is -2.26. The SMILES string of the molecule is CCOc1cc(C(=O)N(C)Cc2cc(O)cc3cn[nH]c23)cc(F)c1-c1ccccc1. The quantitative estimate of drug-likeness (QED) is 0.473. The van der Waals surface area contributed by atoms with Gasteiger partial charge in [-0.2, -0.15) is 5.10 Å². The maximum atomic E-state index is 15.1. The van der Waals surface area contributed by atoms with Crippen molar-refractivity contribution in [3.8, 4) is 22.6 Å². The molecule has 6 nitrogen and oxygen atoms in total. The number of aromatic nitrogens is 2. The van der Waals surface area contributed by atoms with Crippen LogP contribution in [-0.4, -0.2) is 39.8 Å². The number of phenols is 1. The minimum Gasteiger partial charge on any atom is -0.508 e. The van der Waals surface area contributed by atoms with Crippen LogP contribution < -0.4 is 4.74 Å². The van der Waals surface area contributed by atoms with Gasteiger partial charge in [0.2, 0.25) is 0 Å². The van der Waals surface area contributed by atoms with Gasteiger partial charge in [0, 0.05) is 30.1 Å². The van der Waals surface area contributed by atoms with E-state index in [0.717, 1.165) is 10.9 Å². The van der Waals surface area contributed by atoms with Crippen LogP contribution in [0.25, 0.3) is 22.0 Å². The molecule has 1 amide bonds. The first-order valence-corrected chi connectivity index (χ1v) is 9.90. The Kier molecular flexibility index (Phi) is 5.58. The third kappa shape index (κ3) is 4.07. The predicted molar refractivity (Wildman–Crippen MR) is 117 cm³/mol. The van der Waals surface area contributed by atoms with Crippen LogP contribution in [0.5, 0.6) is 11.5 Å². The van der Waals surface area contributed by atoms with Gasteiger partial charge in [-0.05, 0) is 36.8 Å². The summed E-state index contributed by atoms with van der Waals surface area (Å²) in [4.78, 5) is 14.5. The normalized spacial score (nSPS) is 10.9. The summed E-state index contributed by atoms with van der Waals surface area (Å²) in [5, 5.41) is 17.6. The fourth-order valence-electron chi connectivity index (χ4n) is 3.65. The number of rotatable bonds is 6. The molecule has 0 fully saturated rings. The largest absolute Gasteiger partial charge is 0.508 e. The number of ether oxygens (including phenoxy) is 1. The van der Waals surface area contributed by atoms with Crippen molar-refractivity contribution in [2.75, 3.05) is 13.7 Å². The Labute approximate surface area is 178 Å². The molecule has 0 radical (unpaired) electrons. The second-order valence-electron chi connectivity index (χ2n) is 7.23. The zero-order chi connectivity index (χ0) is 22.0. The highest BCUT2D eigenvalue weighted by molar-refractivity contribution is 5.96. The third-order valence-electron chi connectivity index (χ3n) is 5.03. The molecular formula is C24H22FN3O3. The smallest absolute Gasteiger partial charge is 0.254 e. The number of H-pyrrole nitrogens is 1. The van der Waals surface area contributed by atoms with Crippen molar-refractivity contribution < 1.29 is 19.0 Å². The number of nitrogens with zero attached hydrogens (tertiary/aromatic N) is 2. The number of hydrogen-bond donors (Lipinski definition) is 2. The summed E-state index contributed by atoms with van der Waals surface area (Å²) >= 11 is 0. The first-order valence-electron chi connectivity index (χ1n) is 9.90. The van der Waals surface area contributed by atoms with Gasteiger partial charge in [-0.15, -0.1) is 0 Å².